The van der Waals surface area contributed by atoms with Crippen LogP contribution in [-0.2, 0) is 4.74 Å². The Balaban J connectivity index is 2.02. The number of aliphatic hydroxyl groups excluding tert-OH is 1. The molecule has 0 amide bonds. The van der Waals surface area contributed by atoms with Gasteiger partial charge in [-0.05, 0) is 32.4 Å². The number of ether oxygens (including phenoxy) is 1. The number of hydrogen-bond donors (Lipinski definition) is 2. The molecule has 2 N–H and O–H groups in total. The first-order chi connectivity index (χ1) is 11.6. The highest BCUT2D eigenvalue weighted by Crippen LogP contribution is 2.28. The molecule has 24 heavy (non-hydrogen) atoms. The van der Waals surface area contributed by atoms with Crippen LogP contribution in [-0.4, -0.2) is 53.0 Å². The number of morpholine rings is 1. The molecule has 2 unspecified atom stereocenters. The summed E-state index contributed by atoms with van der Waals surface area (Å²) >= 11 is 0. The van der Waals surface area contributed by atoms with Crippen LogP contribution in [0.4, 0.5) is 11.6 Å². The van der Waals surface area contributed by atoms with Crippen molar-refractivity contribution in [1.82, 2.24) is 9.97 Å². The number of rotatable bonds is 5. The zero-order valence-corrected chi connectivity index (χ0v) is 14.6. The second kappa shape index (κ2) is 7.32. The molecule has 1 fully saturated rings. The molecule has 1 aliphatic rings. The first kappa shape index (κ1) is 16.9. The zero-order chi connectivity index (χ0) is 17.1. The summed E-state index contributed by atoms with van der Waals surface area (Å²) in [7, 11) is 0. The van der Waals surface area contributed by atoms with Gasteiger partial charge >= 0.3 is 0 Å². The predicted molar refractivity (Wildman–Crippen MR) is 96.5 cm³/mol. The highest BCUT2D eigenvalue weighted by molar-refractivity contribution is 5.80. The van der Waals surface area contributed by atoms with Crippen molar-refractivity contribution in [3.05, 3.63) is 24.3 Å². The molecule has 1 aromatic carbocycles. The van der Waals surface area contributed by atoms with E-state index in [0.717, 1.165) is 42.2 Å². The van der Waals surface area contributed by atoms with Crippen molar-refractivity contribution < 1.29 is 9.84 Å². The molecule has 0 saturated carbocycles. The molecule has 1 aliphatic heterocycles. The van der Waals surface area contributed by atoms with E-state index in [-0.39, 0.29) is 24.9 Å². The van der Waals surface area contributed by atoms with Crippen molar-refractivity contribution in [1.29, 1.82) is 0 Å². The molecule has 1 saturated heterocycles. The molecular weight excluding hydrogens is 304 g/mol. The second-order valence-electron chi connectivity index (χ2n) is 6.48. The van der Waals surface area contributed by atoms with Crippen LogP contribution in [0.2, 0.25) is 0 Å². The van der Waals surface area contributed by atoms with E-state index in [1.54, 1.807) is 0 Å². The number of fused-ring (bicyclic) bond motifs is 1. The number of benzene rings is 1. The number of hydrogen-bond acceptors (Lipinski definition) is 6. The Labute approximate surface area is 142 Å². The van der Waals surface area contributed by atoms with E-state index >= 15 is 0 Å². The molecule has 0 radical (unpaired) electrons. The molecule has 0 aliphatic carbocycles. The van der Waals surface area contributed by atoms with Gasteiger partial charge in [0.2, 0.25) is 0 Å². The number of nitrogens with zero attached hydrogens (tertiary/aromatic N) is 3. The molecule has 1 aromatic heterocycles. The summed E-state index contributed by atoms with van der Waals surface area (Å²) in [5.74, 6) is 1.57. The van der Waals surface area contributed by atoms with E-state index in [4.69, 9.17) is 14.7 Å². The number of aromatic nitrogens is 2. The normalized spacial score (nSPS) is 22.6. The van der Waals surface area contributed by atoms with Crippen molar-refractivity contribution in [2.45, 2.75) is 45.4 Å². The Morgan fingerprint density at radius 2 is 1.83 bits per heavy atom. The van der Waals surface area contributed by atoms with E-state index in [1.165, 1.54) is 0 Å². The average molecular weight is 330 g/mol. The van der Waals surface area contributed by atoms with Crippen LogP contribution >= 0.6 is 0 Å². The van der Waals surface area contributed by atoms with Gasteiger partial charge in [-0.3, -0.25) is 0 Å². The van der Waals surface area contributed by atoms with Gasteiger partial charge in [-0.1, -0.05) is 19.1 Å². The first-order valence-corrected chi connectivity index (χ1v) is 8.65. The van der Waals surface area contributed by atoms with Gasteiger partial charge < -0.3 is 20.1 Å². The maximum Gasteiger partial charge on any atom is 0.172 e. The van der Waals surface area contributed by atoms with Crippen LogP contribution in [0.1, 0.15) is 27.2 Å². The standard InChI is InChI=1S/C18H26N4O2/c1-4-14(11-23)19-17-18(22-9-12(2)24-13(3)10-22)21-16-8-6-5-7-15(16)20-17/h5-8,12-14,23H,4,9-11H2,1-3H3,(H,19,20)/t12?,13?,14-/m1/s1. The fraction of sp³-hybridized carbons (Fsp3) is 0.556. The Bertz CT molecular complexity index is 680. The largest absolute Gasteiger partial charge is 0.394 e. The lowest BCUT2D eigenvalue weighted by atomic mass is 10.2. The minimum Gasteiger partial charge on any atom is -0.394 e. The van der Waals surface area contributed by atoms with Gasteiger partial charge in [-0.25, -0.2) is 9.97 Å². The quantitative estimate of drug-likeness (QED) is 0.877. The monoisotopic (exact) mass is 330 g/mol. The summed E-state index contributed by atoms with van der Waals surface area (Å²) in [5.41, 5.74) is 1.73. The SMILES string of the molecule is CC[C@H](CO)Nc1nc2ccccc2nc1N1CC(C)OC(C)C1. The smallest absolute Gasteiger partial charge is 0.172 e. The third-order valence-electron chi connectivity index (χ3n) is 4.33. The lowest BCUT2D eigenvalue weighted by Gasteiger charge is -2.37. The van der Waals surface area contributed by atoms with Crippen LogP contribution in [0.5, 0.6) is 0 Å². The van der Waals surface area contributed by atoms with Gasteiger partial charge in [0.25, 0.3) is 0 Å². The number of aliphatic hydroxyl groups is 1. The van der Waals surface area contributed by atoms with E-state index in [9.17, 15) is 5.11 Å². The third-order valence-corrected chi connectivity index (χ3v) is 4.33. The summed E-state index contributed by atoms with van der Waals surface area (Å²) in [6.45, 7) is 7.82. The minimum atomic E-state index is -0.0323. The average Bonchev–Trinajstić information content (AvgIpc) is 2.58. The van der Waals surface area contributed by atoms with Crippen molar-refractivity contribution in [3.8, 4) is 0 Å². The first-order valence-electron chi connectivity index (χ1n) is 8.65. The Kier molecular flexibility index (Phi) is 5.16. The fourth-order valence-electron chi connectivity index (χ4n) is 3.13. The van der Waals surface area contributed by atoms with Gasteiger partial charge in [0.15, 0.2) is 11.6 Å². The summed E-state index contributed by atoms with van der Waals surface area (Å²) < 4.78 is 5.84. The second-order valence-corrected chi connectivity index (χ2v) is 6.48. The summed E-state index contributed by atoms with van der Waals surface area (Å²) in [4.78, 5) is 11.8. The van der Waals surface area contributed by atoms with Crippen LogP contribution in [0.3, 0.4) is 0 Å². The molecule has 0 bridgehead atoms. The molecule has 3 rings (SSSR count). The number of anilines is 2. The molecular formula is C18H26N4O2. The number of nitrogens with one attached hydrogen (secondary N) is 1. The summed E-state index contributed by atoms with van der Waals surface area (Å²) in [6.07, 6.45) is 1.12. The van der Waals surface area contributed by atoms with E-state index < -0.39 is 0 Å². The van der Waals surface area contributed by atoms with E-state index in [2.05, 4.69) is 24.1 Å². The van der Waals surface area contributed by atoms with Gasteiger partial charge in [0.1, 0.15) is 0 Å². The van der Waals surface area contributed by atoms with Crippen LogP contribution in [0.15, 0.2) is 24.3 Å². The highest BCUT2D eigenvalue weighted by Gasteiger charge is 2.26. The van der Waals surface area contributed by atoms with Gasteiger partial charge in [-0.15, -0.1) is 0 Å². The van der Waals surface area contributed by atoms with Gasteiger partial charge in [0, 0.05) is 13.1 Å². The molecule has 3 atom stereocenters. The van der Waals surface area contributed by atoms with Crippen LogP contribution in [0.25, 0.3) is 11.0 Å². The molecule has 6 heteroatoms. The van der Waals surface area contributed by atoms with Crippen LogP contribution in [0, 0.1) is 0 Å². The zero-order valence-electron chi connectivity index (χ0n) is 14.6. The van der Waals surface area contributed by atoms with Gasteiger partial charge in [-0.2, -0.15) is 0 Å². The molecule has 0 spiro atoms. The van der Waals surface area contributed by atoms with Crippen LogP contribution < -0.4 is 10.2 Å². The number of para-hydroxylation sites is 2. The molecule has 130 valence electrons. The lowest BCUT2D eigenvalue weighted by Crippen LogP contribution is -2.46. The van der Waals surface area contributed by atoms with E-state index in [0.29, 0.717) is 0 Å². The summed E-state index contributed by atoms with van der Waals surface area (Å²) in [5, 5.41) is 12.9. The molecule has 2 heterocycles. The highest BCUT2D eigenvalue weighted by atomic mass is 16.5. The fourth-order valence-corrected chi connectivity index (χ4v) is 3.13. The maximum atomic E-state index is 9.54. The van der Waals surface area contributed by atoms with E-state index in [1.807, 2.05) is 31.2 Å². The Morgan fingerprint density at radius 3 is 2.42 bits per heavy atom. The van der Waals surface area contributed by atoms with Crippen molar-refractivity contribution in [3.63, 3.8) is 0 Å². The van der Waals surface area contributed by atoms with Crippen molar-refractivity contribution in [2.24, 2.45) is 0 Å². The Hall–Kier alpha value is -1.92. The topological polar surface area (TPSA) is 70.5 Å². The Morgan fingerprint density at radius 1 is 1.21 bits per heavy atom. The summed E-state index contributed by atoms with van der Waals surface area (Å²) in [6, 6.07) is 7.84. The minimum absolute atomic E-state index is 0.0323. The lowest BCUT2D eigenvalue weighted by molar-refractivity contribution is -0.00541. The maximum absolute atomic E-state index is 9.54. The van der Waals surface area contributed by atoms with Crippen molar-refractivity contribution >= 4 is 22.7 Å². The predicted octanol–water partition coefficient (Wildman–Crippen LogP) is 2.43. The van der Waals surface area contributed by atoms with Gasteiger partial charge in [0.05, 0.1) is 35.9 Å². The third kappa shape index (κ3) is 3.60. The molecule has 6 nitrogen and oxygen atoms in total. The molecule has 2 aromatic rings. The van der Waals surface area contributed by atoms with Crippen molar-refractivity contribution in [2.75, 3.05) is 29.9 Å².